The highest BCUT2D eigenvalue weighted by molar-refractivity contribution is 5.88. The van der Waals surface area contributed by atoms with Crippen LogP contribution in [0.15, 0.2) is 28.4 Å². The number of nitrogens with zero attached hydrogens (tertiary/aromatic N) is 3. The summed E-state index contributed by atoms with van der Waals surface area (Å²) >= 11 is 0. The molecule has 1 aliphatic carbocycles. The molecule has 0 aromatic heterocycles. The maximum atomic E-state index is 13.7. The van der Waals surface area contributed by atoms with Gasteiger partial charge in [0.15, 0.2) is 5.66 Å². The fraction of sp³-hybridized carbons (Fsp3) is 0.500. The summed E-state index contributed by atoms with van der Waals surface area (Å²) in [4.78, 5) is 13.0. The fourth-order valence-electron chi connectivity index (χ4n) is 3.75. The maximum absolute atomic E-state index is 13.7. The first kappa shape index (κ1) is 18.1. The monoisotopic (exact) mass is 352 g/mol. The Hall–Kier alpha value is -2.73. The first-order chi connectivity index (χ1) is 12.6. The number of hydrogen-bond acceptors (Lipinski definition) is 4. The van der Waals surface area contributed by atoms with Crippen LogP contribution in [0.2, 0.25) is 0 Å². The van der Waals surface area contributed by atoms with Crippen LogP contribution in [0.1, 0.15) is 56.1 Å². The van der Waals surface area contributed by atoms with E-state index in [2.05, 4.69) is 21.5 Å². The SMILES string of the molecule is C#CCCC1(CCNC(=O)C2(c3ccc(F)c(C#N)c3)CCCC2)N=N1. The van der Waals surface area contributed by atoms with Gasteiger partial charge >= 0.3 is 0 Å². The molecule has 1 aromatic rings. The third-order valence-corrected chi connectivity index (χ3v) is 5.39. The minimum atomic E-state index is -0.691. The predicted molar refractivity (Wildman–Crippen MR) is 94.5 cm³/mol. The van der Waals surface area contributed by atoms with Gasteiger partial charge in [-0.2, -0.15) is 15.5 Å². The Kier molecular flexibility index (Phi) is 5.04. The van der Waals surface area contributed by atoms with Crippen molar-refractivity contribution in [1.82, 2.24) is 5.32 Å². The molecule has 1 saturated carbocycles. The number of hydrogen-bond donors (Lipinski definition) is 1. The summed E-state index contributed by atoms with van der Waals surface area (Å²) in [5, 5.41) is 20.2. The quantitative estimate of drug-likeness (QED) is 0.761. The van der Waals surface area contributed by atoms with E-state index in [9.17, 15) is 9.18 Å². The summed E-state index contributed by atoms with van der Waals surface area (Å²) in [6.45, 7) is 0.463. The molecule has 26 heavy (non-hydrogen) atoms. The van der Waals surface area contributed by atoms with Gasteiger partial charge in [-0.3, -0.25) is 4.79 Å². The van der Waals surface area contributed by atoms with Crippen molar-refractivity contribution >= 4 is 5.91 Å². The molecule has 5 nitrogen and oxygen atoms in total. The third-order valence-electron chi connectivity index (χ3n) is 5.39. The van der Waals surface area contributed by atoms with Crippen LogP contribution in [0.25, 0.3) is 0 Å². The highest BCUT2D eigenvalue weighted by Gasteiger charge is 2.44. The third kappa shape index (κ3) is 3.46. The first-order valence-corrected chi connectivity index (χ1v) is 8.91. The van der Waals surface area contributed by atoms with E-state index < -0.39 is 16.9 Å². The zero-order chi connectivity index (χ0) is 18.6. The molecule has 1 heterocycles. The summed E-state index contributed by atoms with van der Waals surface area (Å²) in [6, 6.07) is 6.27. The van der Waals surface area contributed by atoms with Crippen molar-refractivity contribution in [1.29, 1.82) is 5.26 Å². The lowest BCUT2D eigenvalue weighted by atomic mass is 9.77. The number of nitriles is 1. The number of carbonyl (C=O) groups is 1. The van der Waals surface area contributed by atoms with Crippen LogP contribution in [0.5, 0.6) is 0 Å². The van der Waals surface area contributed by atoms with Crippen LogP contribution in [-0.4, -0.2) is 18.1 Å². The second-order valence-corrected chi connectivity index (χ2v) is 6.99. The van der Waals surface area contributed by atoms with E-state index in [1.807, 2.05) is 6.07 Å². The van der Waals surface area contributed by atoms with Gasteiger partial charge in [0.05, 0.1) is 11.0 Å². The normalized spacial score (nSPS) is 18.7. The Bertz CT molecular complexity index is 806. The highest BCUT2D eigenvalue weighted by atomic mass is 19.1. The van der Waals surface area contributed by atoms with Crippen molar-refractivity contribution in [3.8, 4) is 18.4 Å². The van der Waals surface area contributed by atoms with Crippen molar-refractivity contribution in [2.24, 2.45) is 10.2 Å². The average Bonchev–Trinajstić information content (AvgIpc) is 3.23. The molecular formula is C20H21FN4O. The molecule has 0 atom stereocenters. The molecule has 0 radical (unpaired) electrons. The van der Waals surface area contributed by atoms with Gasteiger partial charge in [-0.25, -0.2) is 4.39 Å². The number of rotatable bonds is 7. The van der Waals surface area contributed by atoms with Crippen molar-refractivity contribution in [3.05, 3.63) is 35.1 Å². The predicted octanol–water partition coefficient (Wildman–Crippen LogP) is 3.59. The summed E-state index contributed by atoms with van der Waals surface area (Å²) in [5.41, 5.74) is -0.422. The molecule has 3 rings (SSSR count). The first-order valence-electron chi connectivity index (χ1n) is 8.91. The molecule has 1 aromatic carbocycles. The molecule has 1 N–H and O–H groups in total. The zero-order valence-electron chi connectivity index (χ0n) is 14.6. The molecule has 1 amide bonds. The van der Waals surface area contributed by atoms with Crippen LogP contribution < -0.4 is 5.32 Å². The van der Waals surface area contributed by atoms with E-state index in [1.54, 1.807) is 6.07 Å². The maximum Gasteiger partial charge on any atom is 0.230 e. The second kappa shape index (κ2) is 7.25. The molecular weight excluding hydrogens is 331 g/mol. The van der Waals surface area contributed by atoms with E-state index in [1.165, 1.54) is 12.1 Å². The van der Waals surface area contributed by atoms with Crippen molar-refractivity contribution in [2.75, 3.05) is 6.54 Å². The van der Waals surface area contributed by atoms with Gasteiger partial charge in [0.25, 0.3) is 0 Å². The van der Waals surface area contributed by atoms with E-state index in [0.29, 0.717) is 44.2 Å². The lowest BCUT2D eigenvalue weighted by molar-refractivity contribution is -0.126. The standard InChI is InChI=1S/C20H21FN4O/c1-2-3-10-20(24-25-20)11-12-23-18(26)19(8-4-5-9-19)16-6-7-17(21)15(13-16)14-22/h1,6-7,13H,3-5,8-12H2,(H,23,26). The Labute approximate surface area is 152 Å². The van der Waals surface area contributed by atoms with Gasteiger partial charge in [0.2, 0.25) is 5.91 Å². The molecule has 1 aliphatic heterocycles. The average molecular weight is 352 g/mol. The Balaban J connectivity index is 1.69. The van der Waals surface area contributed by atoms with Crippen molar-refractivity contribution in [2.45, 2.75) is 56.0 Å². The molecule has 2 aliphatic rings. The van der Waals surface area contributed by atoms with Gasteiger partial charge in [-0.05, 0) is 30.5 Å². The molecule has 0 bridgehead atoms. The minimum absolute atomic E-state index is 0.0228. The van der Waals surface area contributed by atoms with Gasteiger partial charge in [0.1, 0.15) is 11.9 Å². The smallest absolute Gasteiger partial charge is 0.230 e. The van der Waals surface area contributed by atoms with Crippen LogP contribution in [-0.2, 0) is 10.2 Å². The number of terminal acetylenes is 1. The molecule has 0 unspecified atom stereocenters. The minimum Gasteiger partial charge on any atom is -0.355 e. The molecule has 0 spiro atoms. The van der Waals surface area contributed by atoms with Crippen LogP contribution in [0.4, 0.5) is 4.39 Å². The Morgan fingerprint density at radius 3 is 2.65 bits per heavy atom. The topological polar surface area (TPSA) is 77.6 Å². The summed E-state index contributed by atoms with van der Waals surface area (Å²) < 4.78 is 13.7. The zero-order valence-corrected chi connectivity index (χ0v) is 14.6. The summed E-state index contributed by atoms with van der Waals surface area (Å²) in [5.74, 6) is 1.96. The van der Waals surface area contributed by atoms with Crippen molar-refractivity contribution in [3.63, 3.8) is 0 Å². The van der Waals surface area contributed by atoms with E-state index in [4.69, 9.17) is 11.7 Å². The van der Waals surface area contributed by atoms with Gasteiger partial charge in [0, 0.05) is 25.8 Å². The van der Waals surface area contributed by atoms with Crippen LogP contribution in [0, 0.1) is 29.5 Å². The molecule has 134 valence electrons. The fourth-order valence-corrected chi connectivity index (χ4v) is 3.75. The van der Waals surface area contributed by atoms with Crippen molar-refractivity contribution < 1.29 is 9.18 Å². The number of amides is 1. The van der Waals surface area contributed by atoms with Gasteiger partial charge < -0.3 is 5.32 Å². The van der Waals surface area contributed by atoms with Crippen LogP contribution >= 0.6 is 0 Å². The molecule has 1 fully saturated rings. The summed E-state index contributed by atoms with van der Waals surface area (Å²) in [7, 11) is 0. The lowest BCUT2D eigenvalue weighted by Crippen LogP contribution is -2.43. The van der Waals surface area contributed by atoms with Gasteiger partial charge in [-0.1, -0.05) is 18.9 Å². The second-order valence-electron chi connectivity index (χ2n) is 6.99. The highest BCUT2D eigenvalue weighted by Crippen LogP contribution is 2.42. The number of nitrogens with one attached hydrogen (secondary N) is 1. The van der Waals surface area contributed by atoms with E-state index in [-0.39, 0.29) is 11.5 Å². The number of benzene rings is 1. The van der Waals surface area contributed by atoms with E-state index >= 15 is 0 Å². The number of carbonyl (C=O) groups excluding carboxylic acids is 1. The largest absolute Gasteiger partial charge is 0.355 e. The van der Waals surface area contributed by atoms with E-state index in [0.717, 1.165) is 12.8 Å². The van der Waals surface area contributed by atoms with Crippen LogP contribution in [0.3, 0.4) is 0 Å². The summed E-state index contributed by atoms with van der Waals surface area (Å²) in [6.07, 6.45) is 10.5. The Morgan fingerprint density at radius 2 is 2.04 bits per heavy atom. The lowest BCUT2D eigenvalue weighted by Gasteiger charge is -2.28. The molecule has 6 heteroatoms. The molecule has 0 saturated heterocycles. The Morgan fingerprint density at radius 1 is 1.31 bits per heavy atom. The van der Waals surface area contributed by atoms with Gasteiger partial charge in [-0.15, -0.1) is 12.3 Å². The number of halogens is 1.